The molecule has 4 rings (SSSR count). The lowest BCUT2D eigenvalue weighted by molar-refractivity contribution is -0.138. The van der Waals surface area contributed by atoms with Gasteiger partial charge in [0, 0.05) is 69.6 Å². The number of amides is 1. The summed E-state index contributed by atoms with van der Waals surface area (Å²) in [6.07, 6.45) is -3.33. The average molecular weight is 525 g/mol. The van der Waals surface area contributed by atoms with Crippen LogP contribution in [0.15, 0.2) is 36.4 Å². The lowest BCUT2D eigenvalue weighted by atomic mass is 9.97. The maximum atomic E-state index is 13.2. The topological polar surface area (TPSA) is 59.1 Å². The summed E-state index contributed by atoms with van der Waals surface area (Å²) in [5.41, 5.74) is 4.31. The third-order valence-electron chi connectivity index (χ3n) is 6.82. The first-order valence-electron chi connectivity index (χ1n) is 12.3. The molecule has 2 heterocycles. The van der Waals surface area contributed by atoms with Crippen LogP contribution in [-0.4, -0.2) is 79.4 Å². The number of aliphatic hydroxyl groups is 1. The van der Waals surface area contributed by atoms with Gasteiger partial charge in [-0.2, -0.15) is 13.2 Å². The van der Waals surface area contributed by atoms with Crippen LogP contribution in [0.5, 0.6) is 0 Å². The molecule has 1 saturated heterocycles. The fourth-order valence-electron chi connectivity index (χ4n) is 4.81. The van der Waals surface area contributed by atoms with Crippen LogP contribution in [0.1, 0.15) is 34.3 Å². The van der Waals surface area contributed by atoms with Crippen LogP contribution in [0.3, 0.4) is 0 Å². The number of fused-ring (bicyclic) bond motifs is 1. The molecule has 0 spiro atoms. The zero-order chi connectivity index (χ0) is 25.7. The van der Waals surface area contributed by atoms with Crippen molar-refractivity contribution in [2.24, 2.45) is 0 Å². The van der Waals surface area contributed by atoms with E-state index in [1.165, 1.54) is 5.56 Å². The number of anilines is 2. The van der Waals surface area contributed by atoms with Crippen LogP contribution in [0.2, 0.25) is 5.02 Å². The number of piperazine rings is 1. The maximum absolute atomic E-state index is 13.2. The monoisotopic (exact) mass is 524 g/mol. The standard InChI is InChI=1S/C26H32ClF3N4O2/c27-22-4-5-23(24(17-22)34-13-11-32(12-14-34)10-7-26(28,29)30)31-25(36)20-3-2-19-6-9-33(8-1-15-35)18-21(19)16-20/h2-5,16-17,35H,1,6-15,18H2,(H,31,36). The number of alkyl halides is 3. The van der Waals surface area contributed by atoms with E-state index in [2.05, 4.69) is 15.1 Å². The molecule has 6 nitrogen and oxygen atoms in total. The van der Waals surface area contributed by atoms with E-state index >= 15 is 0 Å². The van der Waals surface area contributed by atoms with Gasteiger partial charge in [-0.3, -0.25) is 14.6 Å². The molecule has 1 fully saturated rings. The van der Waals surface area contributed by atoms with Gasteiger partial charge >= 0.3 is 6.18 Å². The normalized spacial score (nSPS) is 17.2. The number of hydrogen-bond acceptors (Lipinski definition) is 5. The molecule has 0 saturated carbocycles. The summed E-state index contributed by atoms with van der Waals surface area (Å²) in [5, 5.41) is 12.7. The number of benzene rings is 2. The SMILES string of the molecule is O=C(Nc1ccc(Cl)cc1N1CCN(CCC(F)(F)F)CC1)c1ccc2c(c1)CN(CCCO)CC2. The molecule has 0 atom stereocenters. The molecule has 0 aliphatic carbocycles. The van der Waals surface area contributed by atoms with Crippen molar-refractivity contribution in [3.63, 3.8) is 0 Å². The van der Waals surface area contributed by atoms with Crippen molar-refractivity contribution in [3.8, 4) is 0 Å². The first-order valence-corrected chi connectivity index (χ1v) is 12.7. The fraction of sp³-hybridized carbons (Fsp3) is 0.500. The quantitative estimate of drug-likeness (QED) is 0.536. The van der Waals surface area contributed by atoms with Gasteiger partial charge in [-0.1, -0.05) is 17.7 Å². The predicted molar refractivity (Wildman–Crippen MR) is 136 cm³/mol. The molecule has 1 amide bonds. The number of hydrogen-bond donors (Lipinski definition) is 2. The molecule has 196 valence electrons. The molecule has 2 aromatic rings. The Kier molecular flexibility index (Phi) is 8.77. The Labute approximate surface area is 214 Å². The van der Waals surface area contributed by atoms with Crippen molar-refractivity contribution < 1.29 is 23.1 Å². The van der Waals surface area contributed by atoms with Gasteiger partial charge in [-0.25, -0.2) is 0 Å². The Bertz CT molecular complexity index is 1060. The number of nitrogens with one attached hydrogen (secondary N) is 1. The minimum Gasteiger partial charge on any atom is -0.396 e. The van der Waals surface area contributed by atoms with Crippen molar-refractivity contribution in [3.05, 3.63) is 58.1 Å². The molecular formula is C26H32ClF3N4O2. The van der Waals surface area contributed by atoms with E-state index in [0.29, 0.717) is 42.5 Å². The van der Waals surface area contributed by atoms with Crippen molar-refractivity contribution in [2.45, 2.75) is 32.0 Å². The van der Waals surface area contributed by atoms with Crippen LogP contribution in [-0.2, 0) is 13.0 Å². The van der Waals surface area contributed by atoms with Crippen molar-refractivity contribution in [1.29, 1.82) is 0 Å². The van der Waals surface area contributed by atoms with Gasteiger partial charge in [0.15, 0.2) is 0 Å². The Balaban J connectivity index is 1.42. The smallest absolute Gasteiger partial charge is 0.390 e. The Morgan fingerprint density at radius 3 is 2.47 bits per heavy atom. The van der Waals surface area contributed by atoms with Gasteiger partial charge in [0.2, 0.25) is 0 Å². The molecule has 10 heteroatoms. The zero-order valence-corrected chi connectivity index (χ0v) is 20.9. The lowest BCUT2D eigenvalue weighted by Gasteiger charge is -2.37. The van der Waals surface area contributed by atoms with E-state index in [1.807, 2.05) is 23.1 Å². The van der Waals surface area contributed by atoms with E-state index in [-0.39, 0.29) is 19.1 Å². The summed E-state index contributed by atoms with van der Waals surface area (Å²) in [4.78, 5) is 19.3. The van der Waals surface area contributed by atoms with Crippen LogP contribution < -0.4 is 10.2 Å². The summed E-state index contributed by atoms with van der Waals surface area (Å²) in [6, 6.07) is 11.1. The van der Waals surface area contributed by atoms with Crippen molar-refractivity contribution in [2.75, 3.05) is 62.6 Å². The molecular weight excluding hydrogens is 493 g/mol. The molecule has 0 radical (unpaired) electrons. The van der Waals surface area contributed by atoms with E-state index in [9.17, 15) is 18.0 Å². The average Bonchev–Trinajstić information content (AvgIpc) is 2.86. The highest BCUT2D eigenvalue weighted by molar-refractivity contribution is 6.31. The molecule has 0 unspecified atom stereocenters. The fourth-order valence-corrected chi connectivity index (χ4v) is 4.97. The highest BCUT2D eigenvalue weighted by Gasteiger charge is 2.29. The number of carbonyl (C=O) groups excluding carboxylic acids is 1. The van der Waals surface area contributed by atoms with Gasteiger partial charge in [-0.15, -0.1) is 0 Å². The Hall–Kier alpha value is -2.33. The molecule has 2 aliphatic rings. The van der Waals surface area contributed by atoms with E-state index in [1.54, 1.807) is 18.2 Å². The van der Waals surface area contributed by atoms with Gasteiger partial charge in [0.05, 0.1) is 17.8 Å². The lowest BCUT2D eigenvalue weighted by Crippen LogP contribution is -2.47. The highest BCUT2D eigenvalue weighted by Crippen LogP contribution is 2.31. The van der Waals surface area contributed by atoms with E-state index in [4.69, 9.17) is 16.7 Å². The second kappa shape index (κ2) is 11.8. The first kappa shape index (κ1) is 26.7. The summed E-state index contributed by atoms with van der Waals surface area (Å²) < 4.78 is 37.7. The van der Waals surface area contributed by atoms with Gasteiger partial charge < -0.3 is 15.3 Å². The van der Waals surface area contributed by atoms with Crippen molar-refractivity contribution in [1.82, 2.24) is 9.80 Å². The molecule has 0 bridgehead atoms. The predicted octanol–water partition coefficient (Wildman–Crippen LogP) is 4.41. The number of nitrogens with zero attached hydrogens (tertiary/aromatic N) is 3. The summed E-state index contributed by atoms with van der Waals surface area (Å²) >= 11 is 6.25. The summed E-state index contributed by atoms with van der Waals surface area (Å²) in [6.45, 7) is 4.78. The number of halogens is 4. The van der Waals surface area contributed by atoms with Gasteiger partial charge in [-0.05, 0) is 54.3 Å². The minimum absolute atomic E-state index is 0.00770. The van der Waals surface area contributed by atoms with Gasteiger partial charge in [0.1, 0.15) is 0 Å². The second-order valence-corrected chi connectivity index (χ2v) is 9.83. The van der Waals surface area contributed by atoms with Crippen LogP contribution in [0, 0.1) is 0 Å². The Morgan fingerprint density at radius 1 is 0.972 bits per heavy atom. The number of aliphatic hydroxyl groups excluding tert-OH is 1. The number of rotatable bonds is 8. The van der Waals surface area contributed by atoms with Gasteiger partial charge in [0.25, 0.3) is 5.91 Å². The molecule has 0 aromatic heterocycles. The third kappa shape index (κ3) is 7.12. The molecule has 2 aromatic carbocycles. The van der Waals surface area contributed by atoms with Crippen molar-refractivity contribution >= 4 is 28.9 Å². The van der Waals surface area contributed by atoms with E-state index in [0.717, 1.165) is 43.7 Å². The second-order valence-electron chi connectivity index (χ2n) is 9.40. The molecule has 36 heavy (non-hydrogen) atoms. The van der Waals surface area contributed by atoms with Crippen LogP contribution >= 0.6 is 11.6 Å². The maximum Gasteiger partial charge on any atom is 0.390 e. The van der Waals surface area contributed by atoms with E-state index < -0.39 is 12.6 Å². The Morgan fingerprint density at radius 2 is 1.75 bits per heavy atom. The highest BCUT2D eigenvalue weighted by atomic mass is 35.5. The van der Waals surface area contributed by atoms with Crippen LogP contribution in [0.4, 0.5) is 24.5 Å². The zero-order valence-electron chi connectivity index (χ0n) is 20.2. The first-order chi connectivity index (χ1) is 17.2. The largest absolute Gasteiger partial charge is 0.396 e. The summed E-state index contributed by atoms with van der Waals surface area (Å²) in [5.74, 6) is -0.224. The minimum atomic E-state index is -4.16. The molecule has 2 N–H and O–H groups in total. The summed E-state index contributed by atoms with van der Waals surface area (Å²) in [7, 11) is 0. The van der Waals surface area contributed by atoms with Crippen LogP contribution in [0.25, 0.3) is 0 Å². The molecule has 2 aliphatic heterocycles. The number of carbonyl (C=O) groups is 1. The third-order valence-corrected chi connectivity index (χ3v) is 7.06.